The summed E-state index contributed by atoms with van der Waals surface area (Å²) < 4.78 is 11.8. The molecule has 1 fully saturated rings. The number of ether oxygens (including phenoxy) is 2. The van der Waals surface area contributed by atoms with Crippen molar-refractivity contribution in [1.82, 2.24) is 5.32 Å². The summed E-state index contributed by atoms with van der Waals surface area (Å²) in [6, 6.07) is 0. The molecule has 3 atom stereocenters. The van der Waals surface area contributed by atoms with E-state index < -0.39 is 0 Å². The third-order valence-corrected chi connectivity index (χ3v) is 4.04. The highest BCUT2D eigenvalue weighted by Gasteiger charge is 2.30. The minimum Gasteiger partial charge on any atom is -0.381 e. The van der Waals surface area contributed by atoms with Gasteiger partial charge in [-0.1, -0.05) is 13.8 Å². The van der Waals surface area contributed by atoms with Crippen LogP contribution in [0, 0.1) is 0 Å². The molecule has 1 aliphatic rings. The van der Waals surface area contributed by atoms with Crippen LogP contribution >= 0.6 is 0 Å². The molecular formula is C15H31NO2. The molecule has 1 rings (SSSR count). The predicted molar refractivity (Wildman–Crippen MR) is 76.0 cm³/mol. The fourth-order valence-electron chi connectivity index (χ4n) is 2.61. The molecule has 0 saturated heterocycles. The molecule has 108 valence electrons. The Kier molecular flexibility index (Phi) is 7.20. The normalized spacial score (nSPS) is 28.0. The van der Waals surface area contributed by atoms with Crippen molar-refractivity contribution in [1.29, 1.82) is 0 Å². The summed E-state index contributed by atoms with van der Waals surface area (Å²) in [5, 5.41) is 3.49. The number of hydrogen-bond acceptors (Lipinski definition) is 3. The molecule has 0 aromatic heterocycles. The minimum absolute atomic E-state index is 0.0323. The molecule has 0 heterocycles. The van der Waals surface area contributed by atoms with Gasteiger partial charge in [-0.2, -0.15) is 0 Å². The Hall–Kier alpha value is -0.120. The van der Waals surface area contributed by atoms with Gasteiger partial charge in [0.2, 0.25) is 0 Å². The first-order chi connectivity index (χ1) is 8.63. The molecular weight excluding hydrogens is 226 g/mol. The van der Waals surface area contributed by atoms with Crippen molar-refractivity contribution in [2.45, 2.75) is 77.1 Å². The van der Waals surface area contributed by atoms with Crippen LogP contribution in [-0.4, -0.2) is 38.0 Å². The van der Waals surface area contributed by atoms with E-state index in [0.29, 0.717) is 12.2 Å². The minimum atomic E-state index is -0.0323. The third kappa shape index (κ3) is 5.25. The van der Waals surface area contributed by atoms with Crippen molar-refractivity contribution < 1.29 is 9.47 Å². The number of methoxy groups -OCH3 is 1. The van der Waals surface area contributed by atoms with Gasteiger partial charge in [0.25, 0.3) is 0 Å². The highest BCUT2D eigenvalue weighted by molar-refractivity contribution is 4.82. The molecule has 0 aromatic rings. The van der Waals surface area contributed by atoms with Crippen molar-refractivity contribution in [3.05, 3.63) is 0 Å². The van der Waals surface area contributed by atoms with Gasteiger partial charge in [-0.15, -0.1) is 0 Å². The molecule has 1 N–H and O–H groups in total. The maximum atomic E-state index is 6.36. The van der Waals surface area contributed by atoms with Gasteiger partial charge in [0, 0.05) is 13.7 Å². The molecule has 3 nitrogen and oxygen atoms in total. The van der Waals surface area contributed by atoms with Gasteiger partial charge in [0.05, 0.1) is 17.8 Å². The van der Waals surface area contributed by atoms with Crippen LogP contribution in [0.1, 0.15) is 59.3 Å². The van der Waals surface area contributed by atoms with E-state index in [1.807, 2.05) is 7.11 Å². The first-order valence-corrected chi connectivity index (χ1v) is 7.55. The second-order valence-electron chi connectivity index (χ2n) is 5.74. The summed E-state index contributed by atoms with van der Waals surface area (Å²) in [5.74, 6) is 0. The van der Waals surface area contributed by atoms with Gasteiger partial charge in [0.15, 0.2) is 0 Å². The van der Waals surface area contributed by atoms with Crippen LogP contribution < -0.4 is 5.32 Å². The summed E-state index contributed by atoms with van der Waals surface area (Å²) in [5.41, 5.74) is -0.0323. The van der Waals surface area contributed by atoms with E-state index >= 15 is 0 Å². The zero-order valence-electron chi connectivity index (χ0n) is 12.6. The molecule has 3 unspecified atom stereocenters. The predicted octanol–water partition coefficient (Wildman–Crippen LogP) is 3.13. The van der Waals surface area contributed by atoms with E-state index in [4.69, 9.17) is 9.47 Å². The molecule has 0 aliphatic heterocycles. The second-order valence-corrected chi connectivity index (χ2v) is 5.74. The van der Waals surface area contributed by atoms with E-state index in [1.165, 1.54) is 25.7 Å². The molecule has 1 saturated carbocycles. The Morgan fingerprint density at radius 2 is 1.94 bits per heavy atom. The van der Waals surface area contributed by atoms with Crippen LogP contribution in [0.15, 0.2) is 0 Å². The van der Waals surface area contributed by atoms with Crippen molar-refractivity contribution in [2.24, 2.45) is 0 Å². The van der Waals surface area contributed by atoms with E-state index in [0.717, 1.165) is 25.9 Å². The molecule has 18 heavy (non-hydrogen) atoms. The van der Waals surface area contributed by atoms with Crippen molar-refractivity contribution in [3.63, 3.8) is 0 Å². The van der Waals surface area contributed by atoms with Gasteiger partial charge < -0.3 is 14.8 Å². The Morgan fingerprint density at radius 3 is 2.56 bits per heavy atom. The second kappa shape index (κ2) is 8.13. The lowest BCUT2D eigenvalue weighted by Crippen LogP contribution is -2.44. The Morgan fingerprint density at radius 1 is 1.22 bits per heavy atom. The van der Waals surface area contributed by atoms with Gasteiger partial charge in [-0.25, -0.2) is 0 Å². The van der Waals surface area contributed by atoms with Gasteiger partial charge >= 0.3 is 0 Å². The van der Waals surface area contributed by atoms with Crippen LogP contribution in [-0.2, 0) is 9.47 Å². The quantitative estimate of drug-likeness (QED) is 0.678. The lowest BCUT2D eigenvalue weighted by molar-refractivity contribution is -0.114. The first kappa shape index (κ1) is 15.9. The van der Waals surface area contributed by atoms with Crippen LogP contribution in [0.3, 0.4) is 0 Å². The monoisotopic (exact) mass is 257 g/mol. The van der Waals surface area contributed by atoms with Crippen LogP contribution in [0.4, 0.5) is 0 Å². The van der Waals surface area contributed by atoms with Crippen LogP contribution in [0.5, 0.6) is 0 Å². The standard InChI is InChI=1S/C15H31NO2/c1-5-10-16-12-15(3,6-2)18-14-9-7-8-13(11-14)17-4/h13-14,16H,5-12H2,1-4H3. The lowest BCUT2D eigenvalue weighted by Gasteiger charge is -2.37. The van der Waals surface area contributed by atoms with Crippen molar-refractivity contribution in [3.8, 4) is 0 Å². The molecule has 0 aromatic carbocycles. The smallest absolute Gasteiger partial charge is 0.0779 e. The fraction of sp³-hybridized carbons (Fsp3) is 1.00. The average Bonchev–Trinajstić information content (AvgIpc) is 2.39. The largest absolute Gasteiger partial charge is 0.381 e. The van der Waals surface area contributed by atoms with Crippen molar-refractivity contribution in [2.75, 3.05) is 20.2 Å². The molecule has 0 bridgehead atoms. The van der Waals surface area contributed by atoms with Gasteiger partial charge in [-0.3, -0.25) is 0 Å². The Labute approximate surface area is 113 Å². The van der Waals surface area contributed by atoms with E-state index in [9.17, 15) is 0 Å². The average molecular weight is 257 g/mol. The maximum Gasteiger partial charge on any atom is 0.0779 e. The Bertz CT molecular complexity index is 223. The SMILES string of the molecule is CCCNCC(C)(CC)OC1CCCC(OC)C1. The third-order valence-electron chi connectivity index (χ3n) is 4.04. The molecule has 0 amide bonds. The molecule has 0 spiro atoms. The van der Waals surface area contributed by atoms with Crippen LogP contribution in [0.2, 0.25) is 0 Å². The first-order valence-electron chi connectivity index (χ1n) is 7.55. The molecule has 3 heteroatoms. The summed E-state index contributed by atoms with van der Waals surface area (Å²) in [6.07, 6.45) is 7.65. The van der Waals surface area contributed by atoms with E-state index in [2.05, 4.69) is 26.1 Å². The summed E-state index contributed by atoms with van der Waals surface area (Å²) >= 11 is 0. The summed E-state index contributed by atoms with van der Waals surface area (Å²) in [7, 11) is 1.81. The number of hydrogen-bond donors (Lipinski definition) is 1. The topological polar surface area (TPSA) is 30.5 Å². The number of nitrogens with one attached hydrogen (secondary N) is 1. The summed E-state index contributed by atoms with van der Waals surface area (Å²) in [6.45, 7) is 8.66. The highest BCUT2D eigenvalue weighted by atomic mass is 16.5. The summed E-state index contributed by atoms with van der Waals surface area (Å²) in [4.78, 5) is 0. The van der Waals surface area contributed by atoms with E-state index in [1.54, 1.807) is 0 Å². The maximum absolute atomic E-state index is 6.36. The Balaban J connectivity index is 2.40. The van der Waals surface area contributed by atoms with Crippen LogP contribution in [0.25, 0.3) is 0 Å². The number of rotatable bonds is 8. The molecule has 1 aliphatic carbocycles. The van der Waals surface area contributed by atoms with Gasteiger partial charge in [0.1, 0.15) is 0 Å². The highest BCUT2D eigenvalue weighted by Crippen LogP contribution is 2.28. The zero-order valence-corrected chi connectivity index (χ0v) is 12.6. The van der Waals surface area contributed by atoms with Gasteiger partial charge in [-0.05, 0) is 52.0 Å². The molecule has 0 radical (unpaired) electrons. The lowest BCUT2D eigenvalue weighted by atomic mass is 9.93. The van der Waals surface area contributed by atoms with Crippen molar-refractivity contribution >= 4 is 0 Å². The van der Waals surface area contributed by atoms with E-state index in [-0.39, 0.29) is 5.60 Å². The zero-order chi connectivity index (χ0) is 13.4. The fourth-order valence-corrected chi connectivity index (χ4v) is 2.61.